The molecule has 0 aromatic heterocycles. The van der Waals surface area contributed by atoms with Gasteiger partial charge in [-0.2, -0.15) is 0 Å². The van der Waals surface area contributed by atoms with Gasteiger partial charge in [0.2, 0.25) is 0 Å². The van der Waals surface area contributed by atoms with Gasteiger partial charge in [-0.25, -0.2) is 0 Å². The third kappa shape index (κ3) is 3.75. The molecule has 0 aliphatic heterocycles. The maximum absolute atomic E-state index is 10.7. The molecule has 4 heteroatoms. The molecule has 0 aliphatic carbocycles. The Bertz CT molecular complexity index is 361. The van der Waals surface area contributed by atoms with Crippen molar-refractivity contribution in [3.63, 3.8) is 0 Å². The lowest BCUT2D eigenvalue weighted by atomic mass is 9.92. The van der Waals surface area contributed by atoms with Crippen LogP contribution in [-0.4, -0.2) is 25.2 Å². The number of carboxylic acids is 1. The molecule has 17 heavy (non-hydrogen) atoms. The Balaban J connectivity index is 2.81. The van der Waals surface area contributed by atoms with E-state index in [4.69, 9.17) is 9.84 Å². The van der Waals surface area contributed by atoms with Crippen molar-refractivity contribution in [2.45, 2.75) is 19.4 Å². The second-order valence-corrected chi connectivity index (χ2v) is 4.11. The van der Waals surface area contributed by atoms with E-state index in [1.54, 1.807) is 7.11 Å². The first-order valence-corrected chi connectivity index (χ1v) is 5.61. The lowest BCUT2D eigenvalue weighted by molar-refractivity contribution is -0.138. The molecule has 0 spiro atoms. The van der Waals surface area contributed by atoms with Crippen LogP contribution in [0.15, 0.2) is 24.3 Å². The van der Waals surface area contributed by atoms with Crippen molar-refractivity contribution in [1.29, 1.82) is 0 Å². The number of aliphatic carboxylic acids is 1. The van der Waals surface area contributed by atoms with Gasteiger partial charge in [0.15, 0.2) is 0 Å². The average molecular weight is 237 g/mol. The summed E-state index contributed by atoms with van der Waals surface area (Å²) in [5.41, 5.74) is 1.07. The first kappa shape index (κ1) is 13.5. The third-order valence-electron chi connectivity index (χ3n) is 2.85. The molecule has 1 rings (SSSR count). The molecule has 0 bridgehead atoms. The van der Waals surface area contributed by atoms with Crippen molar-refractivity contribution >= 4 is 5.97 Å². The van der Waals surface area contributed by atoms with E-state index >= 15 is 0 Å². The second-order valence-electron chi connectivity index (χ2n) is 4.11. The fourth-order valence-corrected chi connectivity index (χ4v) is 1.98. The van der Waals surface area contributed by atoms with Gasteiger partial charge >= 0.3 is 5.97 Å². The molecule has 0 amide bonds. The number of methoxy groups -OCH3 is 1. The molecule has 2 unspecified atom stereocenters. The molecule has 0 aliphatic rings. The fourth-order valence-electron chi connectivity index (χ4n) is 1.98. The standard InChI is InChI=1S/C13H19NO3/c1-9(8-12(15)16)13(14-2)10-4-6-11(17-3)7-5-10/h4-7,9,13-14H,8H2,1-3H3,(H,15,16). The lowest BCUT2D eigenvalue weighted by Gasteiger charge is -2.22. The van der Waals surface area contributed by atoms with Crippen LogP contribution in [0, 0.1) is 5.92 Å². The highest BCUT2D eigenvalue weighted by atomic mass is 16.5. The van der Waals surface area contributed by atoms with E-state index < -0.39 is 5.97 Å². The zero-order valence-electron chi connectivity index (χ0n) is 10.4. The maximum Gasteiger partial charge on any atom is 0.303 e. The predicted molar refractivity (Wildman–Crippen MR) is 66.2 cm³/mol. The quantitative estimate of drug-likeness (QED) is 0.795. The van der Waals surface area contributed by atoms with Crippen molar-refractivity contribution in [3.05, 3.63) is 29.8 Å². The van der Waals surface area contributed by atoms with E-state index in [0.29, 0.717) is 0 Å². The summed E-state index contributed by atoms with van der Waals surface area (Å²) < 4.78 is 5.09. The summed E-state index contributed by atoms with van der Waals surface area (Å²) in [6.45, 7) is 1.93. The molecule has 2 N–H and O–H groups in total. The molecule has 1 aromatic carbocycles. The Labute approximate surface area is 102 Å². The first-order valence-electron chi connectivity index (χ1n) is 5.61. The summed E-state index contributed by atoms with van der Waals surface area (Å²) in [4.78, 5) is 10.7. The summed E-state index contributed by atoms with van der Waals surface area (Å²) in [6.07, 6.45) is 0.150. The van der Waals surface area contributed by atoms with Crippen LogP contribution in [0.25, 0.3) is 0 Å². The summed E-state index contributed by atoms with van der Waals surface area (Å²) in [6, 6.07) is 7.72. The highest BCUT2D eigenvalue weighted by molar-refractivity contribution is 5.67. The van der Waals surface area contributed by atoms with E-state index in [0.717, 1.165) is 11.3 Å². The van der Waals surface area contributed by atoms with Crippen LogP contribution in [0.5, 0.6) is 5.75 Å². The van der Waals surface area contributed by atoms with E-state index in [-0.39, 0.29) is 18.4 Å². The topological polar surface area (TPSA) is 58.6 Å². The Hall–Kier alpha value is -1.55. The van der Waals surface area contributed by atoms with Crippen molar-refractivity contribution in [2.24, 2.45) is 5.92 Å². The highest BCUT2D eigenvalue weighted by Gasteiger charge is 2.19. The number of hydrogen-bond acceptors (Lipinski definition) is 3. The molecule has 2 atom stereocenters. The molecule has 0 heterocycles. The van der Waals surface area contributed by atoms with Gasteiger partial charge in [0, 0.05) is 12.5 Å². The van der Waals surface area contributed by atoms with Gasteiger partial charge in [-0.15, -0.1) is 0 Å². The number of benzene rings is 1. The molecule has 4 nitrogen and oxygen atoms in total. The monoisotopic (exact) mass is 237 g/mol. The number of carbonyl (C=O) groups is 1. The summed E-state index contributed by atoms with van der Waals surface area (Å²) in [7, 11) is 3.46. The molecule has 0 saturated heterocycles. The number of rotatable bonds is 6. The lowest BCUT2D eigenvalue weighted by Crippen LogP contribution is -2.25. The molecular weight excluding hydrogens is 218 g/mol. The second kappa shape index (κ2) is 6.25. The van der Waals surface area contributed by atoms with Crippen molar-refractivity contribution in [1.82, 2.24) is 5.32 Å². The Morgan fingerprint density at radius 3 is 2.41 bits per heavy atom. The number of ether oxygens (including phenoxy) is 1. The fraction of sp³-hybridized carbons (Fsp3) is 0.462. The van der Waals surface area contributed by atoms with Gasteiger partial charge < -0.3 is 15.2 Å². The third-order valence-corrected chi connectivity index (χ3v) is 2.85. The van der Waals surface area contributed by atoms with Gasteiger partial charge in [0.05, 0.1) is 7.11 Å². The molecular formula is C13H19NO3. The smallest absolute Gasteiger partial charge is 0.303 e. The van der Waals surface area contributed by atoms with Crippen LogP contribution in [0.3, 0.4) is 0 Å². The van der Waals surface area contributed by atoms with Crippen LogP contribution in [-0.2, 0) is 4.79 Å². The number of nitrogens with one attached hydrogen (secondary N) is 1. The molecule has 0 saturated carbocycles. The van der Waals surface area contributed by atoms with Crippen molar-refractivity contribution < 1.29 is 14.6 Å². The Morgan fingerprint density at radius 1 is 1.41 bits per heavy atom. The van der Waals surface area contributed by atoms with Crippen LogP contribution in [0.2, 0.25) is 0 Å². The normalized spacial score (nSPS) is 14.1. The number of carboxylic acid groups (broad SMARTS) is 1. The highest BCUT2D eigenvalue weighted by Crippen LogP contribution is 2.25. The van der Waals surface area contributed by atoms with E-state index in [2.05, 4.69) is 5.32 Å². The van der Waals surface area contributed by atoms with Crippen LogP contribution in [0.4, 0.5) is 0 Å². The van der Waals surface area contributed by atoms with Gasteiger partial charge in [-0.3, -0.25) is 4.79 Å². The minimum atomic E-state index is -0.772. The average Bonchev–Trinajstić information content (AvgIpc) is 2.30. The molecule has 0 fully saturated rings. The molecule has 1 aromatic rings. The van der Waals surface area contributed by atoms with Gasteiger partial charge in [-0.1, -0.05) is 19.1 Å². The van der Waals surface area contributed by atoms with E-state index in [1.165, 1.54) is 0 Å². The van der Waals surface area contributed by atoms with E-state index in [1.807, 2.05) is 38.2 Å². The van der Waals surface area contributed by atoms with Crippen molar-refractivity contribution in [2.75, 3.05) is 14.2 Å². The number of hydrogen-bond donors (Lipinski definition) is 2. The van der Waals surface area contributed by atoms with Gasteiger partial charge in [0.1, 0.15) is 5.75 Å². The summed E-state index contributed by atoms with van der Waals surface area (Å²) >= 11 is 0. The van der Waals surface area contributed by atoms with Crippen LogP contribution >= 0.6 is 0 Å². The zero-order valence-corrected chi connectivity index (χ0v) is 10.4. The SMILES string of the molecule is CNC(c1ccc(OC)cc1)C(C)CC(=O)O. The Morgan fingerprint density at radius 2 is 2.00 bits per heavy atom. The minimum absolute atomic E-state index is 0.0332. The van der Waals surface area contributed by atoms with Crippen molar-refractivity contribution in [3.8, 4) is 5.75 Å². The largest absolute Gasteiger partial charge is 0.497 e. The van der Waals surface area contributed by atoms with Crippen LogP contribution < -0.4 is 10.1 Å². The predicted octanol–water partition coefficient (Wildman–Crippen LogP) is 2.07. The summed E-state index contributed by atoms with van der Waals surface area (Å²) in [5.74, 6) is 0.0617. The summed E-state index contributed by atoms with van der Waals surface area (Å²) in [5, 5.41) is 12.0. The minimum Gasteiger partial charge on any atom is -0.497 e. The van der Waals surface area contributed by atoms with E-state index in [9.17, 15) is 4.79 Å². The zero-order chi connectivity index (χ0) is 12.8. The molecule has 94 valence electrons. The van der Waals surface area contributed by atoms with Crippen LogP contribution in [0.1, 0.15) is 24.9 Å². The maximum atomic E-state index is 10.7. The van der Waals surface area contributed by atoms with Gasteiger partial charge in [0.25, 0.3) is 0 Å². The first-order chi connectivity index (χ1) is 8.08. The van der Waals surface area contributed by atoms with Gasteiger partial charge in [-0.05, 0) is 30.7 Å². The molecule has 0 radical (unpaired) electrons. The Kier molecular flexibility index (Phi) is 4.97.